The fraction of sp³-hybridized carbons (Fsp3) is 0.281. The SMILES string of the molecule is C=CCN1CC(=O)N2C(Cc3ccc(O)cc3)C(=O)N(Cc3ccc4nn(C)nc4c3)CC2N1C(=O)NCc1ccccc1.C=CCN1CC(=O)N2C(Cc3ccc(OP(=O)([O-])[O-])cc3)C(=O)N(Cc3ccc4nn(C)nc4c3)CC2N1C(=O)NCc1ccccc1.C=CCN1CC(=O)N2C(Cc3ccc(OP(=O)([O-])[O-])cc3)C(=O)N(Cc3ccc4nn(C)nc4c3)CC2N1C(=O)NCc1ccccc1.[Na+].[Na+]. The maximum atomic E-state index is 14.3. The quantitative estimate of drug-likeness (QED) is 0.0240. The molecule has 46 heteroatoms. The smallest absolute Gasteiger partial charge is 0.780 e. The van der Waals surface area contributed by atoms with Gasteiger partial charge in [-0.15, -0.1) is 19.7 Å². The molecule has 6 aliphatic rings. The van der Waals surface area contributed by atoms with Gasteiger partial charge in [0.1, 0.15) is 103 Å². The zero-order valence-corrected chi connectivity index (χ0v) is 84.3. The molecule has 6 fully saturated rings. The van der Waals surface area contributed by atoms with Gasteiger partial charge in [0.15, 0.2) is 0 Å². The molecule has 6 atom stereocenters. The van der Waals surface area contributed by atoms with Crippen LogP contribution < -0.4 is 104 Å². The number of urea groups is 3. The number of nitrogens with zero attached hydrogens (tertiary/aromatic N) is 21. The number of amides is 12. The zero-order valence-electron chi connectivity index (χ0n) is 78.5. The van der Waals surface area contributed by atoms with Crippen LogP contribution in [0.15, 0.2) is 256 Å². The maximum absolute atomic E-state index is 14.3. The molecule has 0 bridgehead atoms. The summed E-state index contributed by atoms with van der Waals surface area (Å²) in [6.45, 7) is 13.3. The molecule has 6 unspecified atom stereocenters. The third-order valence-corrected chi connectivity index (χ3v) is 25.1. The van der Waals surface area contributed by atoms with Gasteiger partial charge in [0, 0.05) is 99.3 Å². The molecule has 0 aliphatic carbocycles. The van der Waals surface area contributed by atoms with Crippen molar-refractivity contribution in [2.24, 2.45) is 21.1 Å². The molecule has 9 heterocycles. The monoisotopic (exact) mass is 1980 g/mol. The number of rotatable bonds is 28. The normalized spacial score (nSPS) is 18.4. The van der Waals surface area contributed by atoms with Gasteiger partial charge in [0.2, 0.25) is 35.4 Å². The molecule has 6 saturated heterocycles. The second kappa shape index (κ2) is 46.1. The number of hydrazine groups is 3. The van der Waals surface area contributed by atoms with E-state index < -0.39 is 64.3 Å². The zero-order chi connectivity index (χ0) is 98.8. The van der Waals surface area contributed by atoms with Crippen molar-refractivity contribution in [3.05, 3.63) is 306 Å². The van der Waals surface area contributed by atoms with Crippen molar-refractivity contribution in [1.29, 1.82) is 0 Å². The molecule has 12 aromatic rings. The largest absolute Gasteiger partial charge is 1.00 e. The summed E-state index contributed by atoms with van der Waals surface area (Å²) < 4.78 is 31.1. The van der Waals surface area contributed by atoms with Crippen molar-refractivity contribution in [2.45, 2.75) is 95.2 Å². The molecule has 3 aromatic heterocycles. The van der Waals surface area contributed by atoms with Gasteiger partial charge in [-0.3, -0.25) is 28.8 Å². The number of hydrogen-bond acceptors (Lipinski definition) is 27. The molecule has 42 nitrogen and oxygen atoms in total. The first kappa shape index (κ1) is 104. The Kier molecular flexibility index (Phi) is 33.9. The molecule has 726 valence electrons. The standard InChI is InChI=1S/2C32H35N8O7P.C32H34N8O4.2Na/c2*1-3-15-38-21-30(41)39-28(17-22-9-12-25(13-10-22)47-48(44,45)46)31(42)37(19-24-11-14-26-27(16-24)35-36(2)34-26)20-29(39)40(38)32(43)33-18-23-7-5-4-6-8-23;1-3-15-38-21-30(42)39-28(17-22-9-12-25(41)13-10-22)31(43)37(19-24-11-14-26-27(16-24)35-36(2)34-26)20-29(39)40(38)32(44)33-18-23-7-5-4-6-8-23;;/h2*3-14,16,28-29H,1,15,17-21H2,2H3,(H,33,43)(H2,44,45,46);3-14,16,28-29,41H,1,15,17-21H2,2H3,(H,33,44);;/q;;;2*+1/p-4. The van der Waals surface area contributed by atoms with E-state index in [1.165, 1.54) is 82.7 Å². The Morgan fingerprint density at radius 2 is 0.627 bits per heavy atom. The van der Waals surface area contributed by atoms with E-state index in [1.54, 1.807) is 103 Å². The first-order valence-electron chi connectivity index (χ1n) is 44.8. The second-order valence-corrected chi connectivity index (χ2v) is 36.3. The third kappa shape index (κ3) is 25.2. The van der Waals surface area contributed by atoms with Crippen LogP contribution in [0.5, 0.6) is 17.2 Å². The number of piperazine rings is 3. The van der Waals surface area contributed by atoms with Crippen LogP contribution in [0.1, 0.15) is 50.1 Å². The Morgan fingerprint density at radius 1 is 0.373 bits per heavy atom. The maximum Gasteiger partial charge on any atom is 1.00 e. The first-order chi connectivity index (χ1) is 67.3. The summed E-state index contributed by atoms with van der Waals surface area (Å²) in [4.78, 5) is 184. The van der Waals surface area contributed by atoms with Crippen molar-refractivity contribution < 1.29 is 145 Å². The van der Waals surface area contributed by atoms with E-state index >= 15 is 0 Å². The molecule has 12 amide bonds. The number of fused-ring (bicyclic) bond motifs is 6. The van der Waals surface area contributed by atoms with Gasteiger partial charge in [0.05, 0.1) is 39.3 Å². The minimum Gasteiger partial charge on any atom is -0.780 e. The Labute approximate surface area is 860 Å². The predicted octanol–water partition coefficient (Wildman–Crippen LogP) is -1.76. The molecular weight excluding hydrogens is 1890 g/mol. The van der Waals surface area contributed by atoms with Crippen LogP contribution in [0.4, 0.5) is 14.4 Å². The van der Waals surface area contributed by atoms with Crippen molar-refractivity contribution in [3.8, 4) is 17.2 Å². The summed E-state index contributed by atoms with van der Waals surface area (Å²) in [5.41, 5.74) is 11.3. The van der Waals surface area contributed by atoms with Gasteiger partial charge < -0.3 is 88.2 Å². The summed E-state index contributed by atoms with van der Waals surface area (Å²) in [6.07, 6.45) is 2.70. The van der Waals surface area contributed by atoms with Gasteiger partial charge in [-0.1, -0.05) is 164 Å². The summed E-state index contributed by atoms with van der Waals surface area (Å²) >= 11 is 0. The van der Waals surface area contributed by atoms with E-state index in [0.29, 0.717) is 45.3 Å². The van der Waals surface area contributed by atoms with Crippen molar-refractivity contribution in [2.75, 3.05) is 58.9 Å². The van der Waals surface area contributed by atoms with E-state index in [1.807, 2.05) is 146 Å². The molecule has 0 spiro atoms. The van der Waals surface area contributed by atoms with Crippen molar-refractivity contribution in [3.63, 3.8) is 0 Å². The van der Waals surface area contributed by atoms with E-state index in [9.17, 15) is 77.0 Å². The van der Waals surface area contributed by atoms with Gasteiger partial charge in [-0.05, 0) is 123 Å². The average Bonchev–Trinajstić information content (AvgIpc) is 0.872. The van der Waals surface area contributed by atoms with Crippen LogP contribution in [0.3, 0.4) is 0 Å². The second-order valence-electron chi connectivity index (χ2n) is 34.1. The molecule has 18 rings (SSSR count). The Morgan fingerprint density at radius 3 is 0.887 bits per heavy atom. The Hall–Kier alpha value is -13.4. The van der Waals surface area contributed by atoms with Crippen LogP contribution in [0, 0.1) is 0 Å². The van der Waals surface area contributed by atoms with Gasteiger partial charge in [-0.25, -0.2) is 44.4 Å². The molecule has 142 heavy (non-hydrogen) atoms. The number of aryl methyl sites for hydroxylation is 3. The summed E-state index contributed by atoms with van der Waals surface area (Å²) in [5.74, 6) is -2.04. The third-order valence-electron chi connectivity index (χ3n) is 24.3. The summed E-state index contributed by atoms with van der Waals surface area (Å²) in [7, 11) is -5.33. The van der Waals surface area contributed by atoms with Crippen molar-refractivity contribution >= 4 is 102 Å². The number of aromatic hydroxyl groups is 1. The number of phosphoric ester groups is 2. The van der Waals surface area contributed by atoms with Gasteiger partial charge >= 0.3 is 77.2 Å². The number of phosphoric acid groups is 2. The van der Waals surface area contributed by atoms with E-state index in [4.69, 9.17) is 0 Å². The average molecular weight is 1990 g/mol. The fourth-order valence-electron chi connectivity index (χ4n) is 18.2. The summed E-state index contributed by atoms with van der Waals surface area (Å²) in [6, 6.07) is 58.9. The van der Waals surface area contributed by atoms with E-state index in [-0.39, 0.29) is 229 Å². The van der Waals surface area contributed by atoms with Crippen LogP contribution in [-0.2, 0) is 118 Å². The topological polar surface area (TPSA) is 486 Å². The van der Waals surface area contributed by atoms with E-state index in [2.05, 4.69) is 75.3 Å². The number of phenolic OH excluding ortho intramolecular Hbond substituents is 1. The van der Waals surface area contributed by atoms with Crippen LogP contribution in [-0.4, -0.2) is 259 Å². The minimum atomic E-state index is -5.26. The Bertz CT molecular complexity index is 6460. The molecule has 0 radical (unpaired) electrons. The molecule has 6 aliphatic heterocycles. The van der Waals surface area contributed by atoms with Crippen molar-refractivity contribution in [1.82, 2.24) is 120 Å². The molecule has 9 aromatic carbocycles. The van der Waals surface area contributed by atoms with E-state index in [0.717, 1.165) is 44.5 Å². The number of phenols is 1. The molecule has 4 N–H and O–H groups in total. The number of benzene rings is 9. The number of nitrogens with one attached hydrogen (secondary N) is 3. The minimum absolute atomic E-state index is 0. The van der Waals surface area contributed by atoms with Crippen LogP contribution in [0.2, 0.25) is 0 Å². The van der Waals surface area contributed by atoms with Crippen LogP contribution in [0.25, 0.3) is 33.1 Å². The summed E-state index contributed by atoms with van der Waals surface area (Å²) in [5, 5.41) is 54.3. The van der Waals surface area contributed by atoms with Crippen LogP contribution >= 0.6 is 15.6 Å². The Balaban J connectivity index is 0.000000168. The number of aromatic nitrogens is 9. The number of carbonyl (C=O) groups excluding carboxylic acids is 9. The van der Waals surface area contributed by atoms with Gasteiger partial charge in [-0.2, -0.15) is 45.0 Å². The first-order valence-corrected chi connectivity index (χ1v) is 47.7. The number of hydrogen-bond donors (Lipinski definition) is 4. The van der Waals surface area contributed by atoms with Gasteiger partial charge in [0.25, 0.3) is 0 Å². The molecule has 0 saturated carbocycles. The predicted molar refractivity (Wildman–Crippen MR) is 500 cm³/mol. The number of carbonyl (C=O) groups is 9. The fourth-order valence-corrected chi connectivity index (χ4v) is 18.9. The molecular formula is C96H100N24Na2O18P2-2.